The Bertz CT molecular complexity index is 333. The summed E-state index contributed by atoms with van der Waals surface area (Å²) in [4.78, 5) is 2.58. The summed E-state index contributed by atoms with van der Waals surface area (Å²) >= 11 is 5.36. The first-order valence-corrected chi connectivity index (χ1v) is 6.88. The van der Waals surface area contributed by atoms with Gasteiger partial charge in [0, 0.05) is 32.8 Å². The third-order valence-electron chi connectivity index (χ3n) is 2.84. The minimum absolute atomic E-state index is 0.123. The average Bonchev–Trinajstić information content (AvgIpc) is 2.58. The molecule has 0 amide bonds. The molecule has 2 nitrogen and oxygen atoms in total. The van der Waals surface area contributed by atoms with Gasteiger partial charge in [-0.25, -0.2) is 0 Å². The van der Waals surface area contributed by atoms with Crippen molar-refractivity contribution in [3.05, 3.63) is 20.3 Å². The van der Waals surface area contributed by atoms with Crippen LogP contribution in [0.5, 0.6) is 0 Å². The number of thiophene rings is 1. The average molecular weight is 290 g/mol. The molecule has 1 aliphatic rings. The smallest absolute Gasteiger partial charge is 0.0512 e. The lowest BCUT2D eigenvalue weighted by Crippen LogP contribution is -2.28. The Balaban J connectivity index is 2.12. The van der Waals surface area contributed by atoms with Crippen LogP contribution in [0.2, 0.25) is 0 Å². The molecule has 0 spiro atoms. The van der Waals surface area contributed by atoms with Crippen LogP contribution >= 0.6 is 27.3 Å². The van der Waals surface area contributed by atoms with Crippen molar-refractivity contribution in [1.29, 1.82) is 0 Å². The molecule has 1 saturated heterocycles. The summed E-state index contributed by atoms with van der Waals surface area (Å²) < 4.78 is 6.64. The van der Waals surface area contributed by atoms with E-state index in [0.717, 1.165) is 24.1 Å². The highest BCUT2D eigenvalue weighted by Gasteiger charge is 2.25. The maximum atomic E-state index is 6.28. The lowest BCUT2D eigenvalue weighted by Gasteiger charge is -2.27. The van der Waals surface area contributed by atoms with Gasteiger partial charge >= 0.3 is 0 Å². The van der Waals surface area contributed by atoms with Gasteiger partial charge in [-0.15, -0.1) is 11.3 Å². The molecule has 2 rings (SSSR count). The molecule has 0 aromatic carbocycles. The van der Waals surface area contributed by atoms with E-state index in [2.05, 4.69) is 28.9 Å². The molecule has 1 aromatic rings. The molecule has 0 bridgehead atoms. The van der Waals surface area contributed by atoms with E-state index in [4.69, 9.17) is 10.5 Å². The summed E-state index contributed by atoms with van der Waals surface area (Å²) in [6.45, 7) is 3.82. The summed E-state index contributed by atoms with van der Waals surface area (Å²) in [6.07, 6.45) is 2.32. The Kier molecular flexibility index (Phi) is 3.83. The van der Waals surface area contributed by atoms with Crippen LogP contribution in [0.15, 0.2) is 10.5 Å². The predicted octanol–water partition coefficient (Wildman–Crippen LogP) is 3.25. The zero-order chi connectivity index (χ0) is 10.8. The first-order valence-electron chi connectivity index (χ1n) is 5.27. The van der Waals surface area contributed by atoms with Gasteiger partial charge in [-0.2, -0.15) is 0 Å². The number of hydrogen-bond acceptors (Lipinski definition) is 3. The van der Waals surface area contributed by atoms with Crippen molar-refractivity contribution >= 4 is 27.3 Å². The molecule has 1 aliphatic heterocycles. The zero-order valence-corrected chi connectivity index (χ0v) is 11.2. The van der Waals surface area contributed by atoms with E-state index in [-0.39, 0.29) is 6.04 Å². The third-order valence-corrected chi connectivity index (χ3v) is 4.91. The molecule has 2 atom stereocenters. The monoisotopic (exact) mass is 289 g/mol. The van der Waals surface area contributed by atoms with E-state index in [1.54, 1.807) is 11.3 Å². The number of halogens is 1. The summed E-state index contributed by atoms with van der Waals surface area (Å²) in [5.41, 5.74) is 6.28. The van der Waals surface area contributed by atoms with Crippen molar-refractivity contribution in [3.8, 4) is 0 Å². The highest BCUT2D eigenvalue weighted by atomic mass is 79.9. The molecule has 4 heteroatoms. The third kappa shape index (κ3) is 2.61. The summed E-state index contributed by atoms with van der Waals surface area (Å²) in [6, 6.07) is 2.27. The minimum atomic E-state index is 0.123. The highest BCUT2D eigenvalue weighted by molar-refractivity contribution is 9.10. The first-order chi connectivity index (χ1) is 7.18. The predicted molar refractivity (Wildman–Crippen MR) is 67.2 cm³/mol. The van der Waals surface area contributed by atoms with E-state index in [0.29, 0.717) is 5.92 Å². The van der Waals surface area contributed by atoms with E-state index < -0.39 is 0 Å². The second-order valence-electron chi connectivity index (χ2n) is 4.07. The van der Waals surface area contributed by atoms with Gasteiger partial charge in [0.15, 0.2) is 0 Å². The fraction of sp³-hybridized carbons (Fsp3) is 0.636. The van der Waals surface area contributed by atoms with Crippen molar-refractivity contribution in [2.45, 2.75) is 25.8 Å². The molecule has 0 saturated carbocycles. The van der Waals surface area contributed by atoms with Crippen LogP contribution in [0.1, 0.15) is 28.6 Å². The van der Waals surface area contributed by atoms with Crippen LogP contribution in [0.25, 0.3) is 0 Å². The molecule has 15 heavy (non-hydrogen) atoms. The molecule has 2 unspecified atom stereocenters. The molecule has 2 heterocycles. The van der Waals surface area contributed by atoms with Crippen molar-refractivity contribution in [2.24, 2.45) is 11.7 Å². The van der Waals surface area contributed by atoms with Gasteiger partial charge in [-0.1, -0.05) is 0 Å². The van der Waals surface area contributed by atoms with Gasteiger partial charge in [0.05, 0.1) is 6.61 Å². The van der Waals surface area contributed by atoms with Gasteiger partial charge in [0.2, 0.25) is 0 Å². The number of nitrogens with two attached hydrogens (primary N) is 1. The van der Waals surface area contributed by atoms with Crippen LogP contribution in [-0.4, -0.2) is 13.2 Å². The van der Waals surface area contributed by atoms with Gasteiger partial charge in [-0.3, -0.25) is 0 Å². The number of ether oxygens (including phenoxy) is 1. The molecule has 1 fully saturated rings. The Morgan fingerprint density at radius 3 is 3.00 bits per heavy atom. The molecular weight excluding hydrogens is 274 g/mol. The van der Waals surface area contributed by atoms with Crippen LogP contribution in [-0.2, 0) is 4.74 Å². The Morgan fingerprint density at radius 1 is 1.67 bits per heavy atom. The molecule has 84 valence electrons. The van der Waals surface area contributed by atoms with Crippen LogP contribution in [0.3, 0.4) is 0 Å². The lowest BCUT2D eigenvalue weighted by atomic mass is 9.93. The molecule has 1 aromatic heterocycles. The van der Waals surface area contributed by atoms with Crippen molar-refractivity contribution in [2.75, 3.05) is 13.2 Å². The second-order valence-corrected chi connectivity index (χ2v) is 6.21. The van der Waals surface area contributed by atoms with Crippen molar-refractivity contribution in [3.63, 3.8) is 0 Å². The van der Waals surface area contributed by atoms with Gasteiger partial charge < -0.3 is 10.5 Å². The summed E-state index contributed by atoms with van der Waals surface area (Å²) in [7, 11) is 0. The topological polar surface area (TPSA) is 35.2 Å². The molecule has 0 radical (unpaired) electrons. The maximum absolute atomic E-state index is 6.28. The highest BCUT2D eigenvalue weighted by Crippen LogP contribution is 2.36. The number of aryl methyl sites for hydroxylation is 1. The standard InChI is InChI=1S/C11H16BrNOS/c1-7-5-9(12)11(15-7)10(13)8-3-2-4-14-6-8/h5,8,10H,2-4,6,13H2,1H3. The van der Waals surface area contributed by atoms with Gasteiger partial charge in [-0.05, 0) is 41.8 Å². The molecule has 0 aliphatic carbocycles. The SMILES string of the molecule is Cc1cc(Br)c(C(N)C2CCCOC2)s1. The van der Waals surface area contributed by atoms with Crippen molar-refractivity contribution < 1.29 is 4.74 Å². The van der Waals surface area contributed by atoms with E-state index in [1.807, 2.05) is 0 Å². The van der Waals surface area contributed by atoms with Gasteiger partial charge in [0.25, 0.3) is 0 Å². The minimum Gasteiger partial charge on any atom is -0.381 e. The van der Waals surface area contributed by atoms with Crippen LogP contribution in [0.4, 0.5) is 0 Å². The zero-order valence-electron chi connectivity index (χ0n) is 8.83. The molecular formula is C11H16BrNOS. The second kappa shape index (κ2) is 4.95. The van der Waals surface area contributed by atoms with Crippen LogP contribution < -0.4 is 5.73 Å². The van der Waals surface area contributed by atoms with E-state index >= 15 is 0 Å². The first kappa shape index (κ1) is 11.6. The maximum Gasteiger partial charge on any atom is 0.0512 e. The van der Waals surface area contributed by atoms with Gasteiger partial charge in [0.1, 0.15) is 0 Å². The number of hydrogen-bond donors (Lipinski definition) is 1. The van der Waals surface area contributed by atoms with Crippen LogP contribution in [0, 0.1) is 12.8 Å². The summed E-state index contributed by atoms with van der Waals surface area (Å²) in [5.74, 6) is 0.480. The van der Waals surface area contributed by atoms with Crippen molar-refractivity contribution in [1.82, 2.24) is 0 Å². The normalized spacial score (nSPS) is 24.1. The largest absolute Gasteiger partial charge is 0.381 e. The summed E-state index contributed by atoms with van der Waals surface area (Å²) in [5, 5.41) is 0. The quantitative estimate of drug-likeness (QED) is 0.907. The number of rotatable bonds is 2. The fourth-order valence-corrected chi connectivity index (χ4v) is 4.00. The Morgan fingerprint density at radius 2 is 2.47 bits per heavy atom. The fourth-order valence-electron chi connectivity index (χ4n) is 1.99. The Labute approximate surface area is 103 Å². The van der Waals surface area contributed by atoms with E-state index in [1.165, 1.54) is 16.2 Å². The lowest BCUT2D eigenvalue weighted by molar-refractivity contribution is 0.0451. The van der Waals surface area contributed by atoms with E-state index in [9.17, 15) is 0 Å². The Hall–Kier alpha value is 0.1000. The molecule has 2 N–H and O–H groups in total.